The molecule has 1 heteroatoms. The summed E-state index contributed by atoms with van der Waals surface area (Å²) >= 11 is 0. The number of Topliss-reactive ketones (excluding diaryl/α,β-unsaturated/α-hetero) is 1. The summed E-state index contributed by atoms with van der Waals surface area (Å²) in [6.07, 6.45) is 18.5. The lowest BCUT2D eigenvalue weighted by Gasteiger charge is -2.58. The Morgan fingerprint density at radius 3 is 2.54 bits per heavy atom. The highest BCUT2D eigenvalue weighted by molar-refractivity contribution is 5.91. The third-order valence-corrected chi connectivity index (χ3v) is 9.09. The minimum Gasteiger partial charge on any atom is -0.299 e. The van der Waals surface area contributed by atoms with Crippen molar-refractivity contribution in [1.82, 2.24) is 0 Å². The van der Waals surface area contributed by atoms with Crippen molar-refractivity contribution in [3.63, 3.8) is 0 Å². The number of carbonyl (C=O) groups is 1. The lowest BCUT2D eigenvalue weighted by Crippen LogP contribution is -2.48. The van der Waals surface area contributed by atoms with E-state index in [0.29, 0.717) is 11.2 Å². The van der Waals surface area contributed by atoms with Gasteiger partial charge in [-0.1, -0.05) is 34.9 Å². The van der Waals surface area contributed by atoms with Crippen molar-refractivity contribution in [3.05, 3.63) is 46.1 Å². The van der Waals surface area contributed by atoms with Crippen LogP contribution in [0.25, 0.3) is 0 Å². The summed E-state index contributed by atoms with van der Waals surface area (Å²) in [7, 11) is 0. The van der Waals surface area contributed by atoms with Gasteiger partial charge in [0.1, 0.15) is 5.78 Å². The Labute approximate surface area is 143 Å². The highest BCUT2D eigenvalue weighted by Crippen LogP contribution is 2.76. The monoisotopic (exact) mass is 316 g/mol. The van der Waals surface area contributed by atoms with Gasteiger partial charge >= 0.3 is 0 Å². The van der Waals surface area contributed by atoms with E-state index in [4.69, 9.17) is 0 Å². The zero-order chi connectivity index (χ0) is 15.7. The molecule has 0 amide bonds. The third-order valence-electron chi connectivity index (χ3n) is 9.09. The number of hydrogen-bond acceptors (Lipinski definition) is 1. The molecule has 0 aromatic carbocycles. The van der Waals surface area contributed by atoms with Crippen LogP contribution in [0.1, 0.15) is 57.8 Å². The normalized spacial score (nSPS) is 49.6. The number of hydrogen-bond donors (Lipinski definition) is 0. The van der Waals surface area contributed by atoms with Crippen molar-refractivity contribution in [1.29, 1.82) is 0 Å². The fourth-order valence-corrected chi connectivity index (χ4v) is 8.55. The van der Waals surface area contributed by atoms with Crippen molar-refractivity contribution >= 4 is 5.78 Å². The maximum absolute atomic E-state index is 13.0. The molecule has 3 atom stereocenters. The van der Waals surface area contributed by atoms with Crippen molar-refractivity contribution in [2.75, 3.05) is 0 Å². The minimum absolute atomic E-state index is 0.126. The van der Waals surface area contributed by atoms with Crippen LogP contribution >= 0.6 is 0 Å². The molecule has 2 spiro atoms. The van der Waals surface area contributed by atoms with Gasteiger partial charge in [0.15, 0.2) is 0 Å². The Morgan fingerprint density at radius 1 is 0.917 bits per heavy atom. The molecule has 24 heavy (non-hydrogen) atoms. The highest BCUT2D eigenvalue weighted by Gasteiger charge is 2.66. The van der Waals surface area contributed by atoms with E-state index in [-0.39, 0.29) is 11.3 Å². The van der Waals surface area contributed by atoms with Crippen molar-refractivity contribution in [2.24, 2.45) is 28.6 Å². The van der Waals surface area contributed by atoms with Crippen molar-refractivity contribution in [2.45, 2.75) is 57.8 Å². The molecule has 0 radical (unpaired) electrons. The maximum atomic E-state index is 13.0. The third kappa shape index (κ3) is 1.11. The van der Waals surface area contributed by atoms with E-state index in [0.717, 1.165) is 24.7 Å². The molecule has 0 N–H and O–H groups in total. The molecule has 2 saturated carbocycles. The molecule has 10 bridgehead atoms. The number of carbonyl (C=O) groups excluding carboxylic acids is 1. The lowest BCUT2D eigenvalue weighted by molar-refractivity contribution is -0.121. The fourth-order valence-electron chi connectivity index (χ4n) is 8.55. The summed E-state index contributed by atoms with van der Waals surface area (Å²) in [5.41, 5.74) is 9.16. The first-order chi connectivity index (χ1) is 11.7. The van der Waals surface area contributed by atoms with E-state index in [1.807, 2.05) is 11.1 Å². The zero-order valence-electron chi connectivity index (χ0n) is 14.2. The van der Waals surface area contributed by atoms with E-state index in [9.17, 15) is 4.79 Å². The summed E-state index contributed by atoms with van der Waals surface area (Å²) in [5, 5.41) is 0. The van der Waals surface area contributed by atoms with Crippen LogP contribution in [-0.4, -0.2) is 5.78 Å². The first-order valence-corrected chi connectivity index (χ1v) is 10.1. The van der Waals surface area contributed by atoms with E-state index in [1.54, 1.807) is 5.57 Å². The lowest BCUT2D eigenvalue weighted by atomic mass is 9.45. The Morgan fingerprint density at radius 2 is 1.67 bits per heavy atom. The summed E-state index contributed by atoms with van der Waals surface area (Å²) < 4.78 is 0. The molecule has 0 aromatic heterocycles. The van der Waals surface area contributed by atoms with Gasteiger partial charge in [0.25, 0.3) is 0 Å². The van der Waals surface area contributed by atoms with Gasteiger partial charge in [-0.2, -0.15) is 0 Å². The van der Waals surface area contributed by atoms with Gasteiger partial charge in [-0.15, -0.1) is 0 Å². The van der Waals surface area contributed by atoms with Gasteiger partial charge in [0.05, 0.1) is 5.92 Å². The van der Waals surface area contributed by atoms with Crippen LogP contribution in [0.4, 0.5) is 0 Å². The van der Waals surface area contributed by atoms with E-state index < -0.39 is 0 Å². The zero-order valence-corrected chi connectivity index (χ0v) is 14.2. The second-order valence-electron chi connectivity index (χ2n) is 9.52. The van der Waals surface area contributed by atoms with Gasteiger partial charge < -0.3 is 0 Å². The molecule has 8 rings (SSSR count). The smallest absolute Gasteiger partial charge is 0.144 e. The first kappa shape index (κ1) is 12.9. The number of allylic oxidation sites excluding steroid dienone is 8. The van der Waals surface area contributed by atoms with Gasteiger partial charge in [-0.05, 0) is 74.3 Å². The number of rotatable bonds is 0. The molecule has 1 nitrogen and oxygen atoms in total. The Bertz CT molecular complexity index is 839. The summed E-state index contributed by atoms with van der Waals surface area (Å²) in [6, 6.07) is 0. The van der Waals surface area contributed by atoms with Gasteiger partial charge in [0, 0.05) is 17.3 Å². The van der Waals surface area contributed by atoms with Crippen LogP contribution in [0.15, 0.2) is 46.1 Å². The van der Waals surface area contributed by atoms with Crippen LogP contribution in [0, 0.1) is 28.6 Å². The highest BCUT2D eigenvalue weighted by atomic mass is 16.1. The van der Waals surface area contributed by atoms with Crippen LogP contribution in [-0.2, 0) is 4.79 Å². The van der Waals surface area contributed by atoms with Crippen LogP contribution in [0.3, 0.4) is 0 Å². The maximum Gasteiger partial charge on any atom is 0.144 e. The summed E-state index contributed by atoms with van der Waals surface area (Å²) in [4.78, 5) is 13.0. The second kappa shape index (κ2) is 3.74. The standard InChI is InChI=1S/C23H24O/c24-18-5-4-16-15-2-1-3-17(19(15)18)22-9-6-13(7-10-22)20-21(22)14-8-11-23(16,20)12-14/h1-3,13-14,19H,4-12H2. The molecule has 8 aliphatic rings. The molecule has 0 aromatic rings. The number of fused-ring (bicyclic) bond motifs is 3. The molecule has 122 valence electrons. The average molecular weight is 316 g/mol. The van der Waals surface area contributed by atoms with Crippen LogP contribution in [0.5, 0.6) is 0 Å². The fraction of sp³-hybridized carbons (Fsp3) is 0.609. The Hall–Kier alpha value is -1.37. The van der Waals surface area contributed by atoms with E-state index >= 15 is 0 Å². The Balaban J connectivity index is 1.67. The quantitative estimate of drug-likeness (QED) is 0.571. The largest absolute Gasteiger partial charge is 0.299 e. The molecular formula is C23H24O. The molecule has 8 aliphatic carbocycles. The predicted molar refractivity (Wildman–Crippen MR) is 93.2 cm³/mol. The van der Waals surface area contributed by atoms with Crippen LogP contribution < -0.4 is 0 Å². The summed E-state index contributed by atoms with van der Waals surface area (Å²) in [5.74, 6) is 2.36. The van der Waals surface area contributed by atoms with Gasteiger partial charge in [0.2, 0.25) is 0 Å². The molecule has 0 heterocycles. The molecule has 0 aliphatic heterocycles. The predicted octanol–water partition coefficient (Wildman–Crippen LogP) is 5.06. The molecule has 3 unspecified atom stereocenters. The van der Waals surface area contributed by atoms with Crippen molar-refractivity contribution < 1.29 is 4.79 Å². The van der Waals surface area contributed by atoms with Crippen LogP contribution in [0.2, 0.25) is 0 Å². The minimum atomic E-state index is 0.126. The topological polar surface area (TPSA) is 17.1 Å². The van der Waals surface area contributed by atoms with Gasteiger partial charge in [-0.25, -0.2) is 0 Å². The molecule has 0 saturated heterocycles. The number of ketones is 1. The van der Waals surface area contributed by atoms with E-state index in [2.05, 4.69) is 18.2 Å². The molecular weight excluding hydrogens is 292 g/mol. The SMILES string of the molecule is O=C1CCC2=C3C=CC=C(C13)C13CCC(CC1)C1=C3C3CCC21C3. The summed E-state index contributed by atoms with van der Waals surface area (Å²) in [6.45, 7) is 0. The van der Waals surface area contributed by atoms with Gasteiger partial charge in [-0.3, -0.25) is 4.79 Å². The second-order valence-corrected chi connectivity index (χ2v) is 9.52. The van der Waals surface area contributed by atoms with E-state index in [1.165, 1.54) is 56.1 Å². The average Bonchev–Trinajstić information content (AvgIpc) is 3.21. The van der Waals surface area contributed by atoms with Crippen molar-refractivity contribution in [3.8, 4) is 0 Å². The Kier molecular flexibility index (Phi) is 2.01. The molecule has 2 fully saturated rings. The first-order valence-electron chi connectivity index (χ1n) is 10.1.